The van der Waals surface area contributed by atoms with Gasteiger partial charge >= 0.3 is 0 Å². The molecule has 1 unspecified atom stereocenters. The second-order valence-corrected chi connectivity index (χ2v) is 10.6. The van der Waals surface area contributed by atoms with Crippen LogP contribution in [0.3, 0.4) is 0 Å². The average Bonchev–Trinajstić information content (AvgIpc) is 3.41. The van der Waals surface area contributed by atoms with Crippen LogP contribution in [0.5, 0.6) is 11.5 Å². The quantitative estimate of drug-likeness (QED) is 0.201. The van der Waals surface area contributed by atoms with Gasteiger partial charge < -0.3 is 19.7 Å². The lowest BCUT2D eigenvalue weighted by Gasteiger charge is -2.32. The number of ether oxygens (including phenoxy) is 2. The number of hydrogen-bond acceptors (Lipinski definition) is 7. The van der Waals surface area contributed by atoms with Crippen LogP contribution in [-0.2, 0) is 16.1 Å². The van der Waals surface area contributed by atoms with E-state index in [0.29, 0.717) is 27.9 Å². The predicted molar refractivity (Wildman–Crippen MR) is 154 cm³/mol. The average molecular weight is 573 g/mol. The molecule has 1 N–H and O–H groups in total. The van der Waals surface area contributed by atoms with Gasteiger partial charge in [-0.25, -0.2) is 14.4 Å². The fourth-order valence-corrected chi connectivity index (χ4v) is 5.40. The Balaban J connectivity index is 1.49. The van der Waals surface area contributed by atoms with Crippen molar-refractivity contribution >= 4 is 29.3 Å². The maximum Gasteiger partial charge on any atom is 0.251 e. The van der Waals surface area contributed by atoms with E-state index in [1.165, 1.54) is 40.9 Å². The summed E-state index contributed by atoms with van der Waals surface area (Å²) in [6, 6.07) is 19.2. The Kier molecular flexibility index (Phi) is 8.49. The number of nitrogens with zero attached hydrogens (tertiary/aromatic N) is 3. The van der Waals surface area contributed by atoms with E-state index in [2.05, 4.69) is 15.3 Å². The molecule has 0 radical (unpaired) electrons. The molecule has 41 heavy (non-hydrogen) atoms. The number of rotatable bonds is 9. The zero-order valence-corrected chi connectivity index (χ0v) is 23.7. The molecule has 210 valence electrons. The summed E-state index contributed by atoms with van der Waals surface area (Å²) in [5.41, 5.74) is 4.42. The van der Waals surface area contributed by atoms with Gasteiger partial charge in [0.05, 0.1) is 5.75 Å². The Bertz CT molecular complexity index is 1560. The van der Waals surface area contributed by atoms with Crippen LogP contribution in [0.4, 0.5) is 10.1 Å². The molecule has 1 aliphatic heterocycles. The van der Waals surface area contributed by atoms with Gasteiger partial charge in [0.15, 0.2) is 16.7 Å². The van der Waals surface area contributed by atoms with Crippen molar-refractivity contribution in [3.63, 3.8) is 0 Å². The Morgan fingerprint density at radius 2 is 1.66 bits per heavy atom. The maximum absolute atomic E-state index is 14.0. The van der Waals surface area contributed by atoms with E-state index in [1.54, 1.807) is 18.2 Å². The summed E-state index contributed by atoms with van der Waals surface area (Å²) in [5.74, 6) is -0.0906. The van der Waals surface area contributed by atoms with Crippen LogP contribution in [0.1, 0.15) is 34.1 Å². The number of benzene rings is 3. The Hall–Kier alpha value is -4.44. The molecule has 0 spiro atoms. The Labute approximate surface area is 241 Å². The Morgan fingerprint density at radius 3 is 2.39 bits per heavy atom. The second kappa shape index (κ2) is 12.4. The summed E-state index contributed by atoms with van der Waals surface area (Å²) in [4.78, 5) is 38.3. The van der Waals surface area contributed by atoms with Crippen molar-refractivity contribution < 1.29 is 23.5 Å². The highest BCUT2D eigenvalue weighted by molar-refractivity contribution is 7.99. The SMILES string of the molecule is Cc1cc(C)nc(SCC(=O)N(Cc2ccccc2C)C(C(=O)Nc2ccc3c(c2)OCO3)c2ccc(F)cc2)n1. The maximum atomic E-state index is 14.0. The number of thioether (sulfide) groups is 1. The smallest absolute Gasteiger partial charge is 0.251 e. The molecular weight excluding hydrogens is 543 g/mol. The van der Waals surface area contributed by atoms with Gasteiger partial charge in [-0.2, -0.15) is 0 Å². The van der Waals surface area contributed by atoms with Crippen molar-refractivity contribution in [2.45, 2.75) is 38.5 Å². The van der Waals surface area contributed by atoms with E-state index in [9.17, 15) is 14.0 Å². The molecule has 1 aromatic heterocycles. The summed E-state index contributed by atoms with van der Waals surface area (Å²) in [6.45, 7) is 5.96. The lowest BCUT2D eigenvalue weighted by molar-refractivity contribution is -0.137. The third kappa shape index (κ3) is 6.83. The summed E-state index contributed by atoms with van der Waals surface area (Å²) in [7, 11) is 0. The molecule has 2 amide bonds. The van der Waals surface area contributed by atoms with Gasteiger partial charge in [0.1, 0.15) is 11.9 Å². The third-order valence-corrected chi connectivity index (χ3v) is 7.43. The molecule has 0 aliphatic carbocycles. The molecule has 4 aromatic rings. The molecule has 1 atom stereocenters. The number of halogens is 1. The molecule has 1 aliphatic rings. The minimum Gasteiger partial charge on any atom is -0.454 e. The number of anilines is 1. The molecule has 0 fully saturated rings. The molecule has 0 bridgehead atoms. The third-order valence-electron chi connectivity index (χ3n) is 6.59. The summed E-state index contributed by atoms with van der Waals surface area (Å²) >= 11 is 1.21. The van der Waals surface area contributed by atoms with Gasteiger partial charge in [0, 0.05) is 29.7 Å². The van der Waals surface area contributed by atoms with E-state index in [4.69, 9.17) is 9.47 Å². The van der Waals surface area contributed by atoms with Gasteiger partial charge in [-0.1, -0.05) is 48.2 Å². The van der Waals surface area contributed by atoms with Crippen LogP contribution in [0.2, 0.25) is 0 Å². The number of hydrogen-bond donors (Lipinski definition) is 1. The largest absolute Gasteiger partial charge is 0.454 e. The van der Waals surface area contributed by atoms with Crippen molar-refractivity contribution in [3.05, 3.63) is 107 Å². The van der Waals surface area contributed by atoms with E-state index in [1.807, 2.05) is 51.1 Å². The first-order valence-corrected chi connectivity index (χ1v) is 14.0. The number of aryl methyl sites for hydroxylation is 3. The first kappa shape index (κ1) is 28.1. The van der Waals surface area contributed by atoms with Crippen LogP contribution >= 0.6 is 11.8 Å². The Morgan fingerprint density at radius 1 is 0.951 bits per heavy atom. The monoisotopic (exact) mass is 572 g/mol. The zero-order chi connectivity index (χ0) is 28.9. The minimum absolute atomic E-state index is 0.00374. The number of fused-ring (bicyclic) bond motifs is 1. The number of amides is 2. The highest BCUT2D eigenvalue weighted by Gasteiger charge is 2.32. The van der Waals surface area contributed by atoms with Crippen LogP contribution in [0.25, 0.3) is 0 Å². The van der Waals surface area contributed by atoms with Crippen LogP contribution < -0.4 is 14.8 Å². The highest BCUT2D eigenvalue weighted by Crippen LogP contribution is 2.35. The summed E-state index contributed by atoms with van der Waals surface area (Å²) in [5, 5.41) is 3.40. The van der Waals surface area contributed by atoms with E-state index < -0.39 is 17.8 Å². The number of carbonyl (C=O) groups is 2. The molecule has 5 rings (SSSR count). The number of carbonyl (C=O) groups excluding carboxylic acids is 2. The number of aromatic nitrogens is 2. The fourth-order valence-electron chi connectivity index (χ4n) is 4.56. The standard InChI is InChI=1S/C31H29FN4O4S/c1-19-6-4-5-7-23(19)16-36(28(37)17-41-31-33-20(2)14-21(3)34-31)29(22-8-10-24(32)11-9-22)30(38)35-25-12-13-26-27(15-25)40-18-39-26/h4-15,29H,16-18H2,1-3H3,(H,35,38). The lowest BCUT2D eigenvalue weighted by atomic mass is 10.0. The fraction of sp³-hybridized carbons (Fsp3) is 0.226. The van der Waals surface area contributed by atoms with Crippen molar-refractivity contribution in [3.8, 4) is 11.5 Å². The first-order chi connectivity index (χ1) is 19.8. The molecule has 0 saturated carbocycles. The molecule has 3 aromatic carbocycles. The predicted octanol–water partition coefficient (Wildman–Crippen LogP) is 5.77. The van der Waals surface area contributed by atoms with Crippen molar-refractivity contribution in [1.29, 1.82) is 0 Å². The summed E-state index contributed by atoms with van der Waals surface area (Å²) in [6.07, 6.45) is 0. The first-order valence-electron chi connectivity index (χ1n) is 13.0. The molecular formula is C31H29FN4O4S. The molecule has 8 nitrogen and oxygen atoms in total. The minimum atomic E-state index is -1.06. The second-order valence-electron chi connectivity index (χ2n) is 9.68. The van der Waals surface area contributed by atoms with Gasteiger partial charge in [-0.3, -0.25) is 9.59 Å². The van der Waals surface area contributed by atoms with Gasteiger partial charge in [-0.05, 0) is 67.8 Å². The van der Waals surface area contributed by atoms with Crippen molar-refractivity contribution in [2.75, 3.05) is 17.9 Å². The van der Waals surface area contributed by atoms with Gasteiger partial charge in [0.25, 0.3) is 5.91 Å². The lowest BCUT2D eigenvalue weighted by Crippen LogP contribution is -2.42. The summed E-state index contributed by atoms with van der Waals surface area (Å²) < 4.78 is 24.8. The normalized spacial score (nSPS) is 12.6. The van der Waals surface area contributed by atoms with E-state index in [0.717, 1.165) is 22.5 Å². The van der Waals surface area contributed by atoms with Gasteiger partial charge in [-0.15, -0.1) is 0 Å². The van der Waals surface area contributed by atoms with E-state index in [-0.39, 0.29) is 25.0 Å². The van der Waals surface area contributed by atoms with Crippen LogP contribution in [-0.4, -0.2) is 39.2 Å². The number of nitrogens with one attached hydrogen (secondary N) is 1. The van der Waals surface area contributed by atoms with Crippen molar-refractivity contribution in [1.82, 2.24) is 14.9 Å². The molecule has 0 saturated heterocycles. The zero-order valence-electron chi connectivity index (χ0n) is 22.9. The van der Waals surface area contributed by atoms with Gasteiger partial charge in [0.2, 0.25) is 12.7 Å². The molecule has 2 heterocycles. The van der Waals surface area contributed by atoms with Crippen molar-refractivity contribution in [2.24, 2.45) is 0 Å². The topological polar surface area (TPSA) is 93.7 Å². The highest BCUT2D eigenvalue weighted by atomic mass is 32.2. The molecule has 10 heteroatoms. The van der Waals surface area contributed by atoms with Crippen LogP contribution in [0, 0.1) is 26.6 Å². The van der Waals surface area contributed by atoms with Crippen LogP contribution in [0.15, 0.2) is 78.0 Å². The van der Waals surface area contributed by atoms with E-state index >= 15 is 0 Å².